The van der Waals surface area contributed by atoms with Gasteiger partial charge in [-0.2, -0.15) is 0 Å². The Morgan fingerprint density at radius 1 is 1.28 bits per heavy atom. The molecule has 1 amide bonds. The zero-order chi connectivity index (χ0) is 17.9. The Morgan fingerprint density at radius 3 is 2.52 bits per heavy atom. The summed E-state index contributed by atoms with van der Waals surface area (Å²) >= 11 is 0. The van der Waals surface area contributed by atoms with Crippen LogP contribution in [0.25, 0.3) is 5.69 Å². The number of hydrogen-bond donors (Lipinski definition) is 2. The van der Waals surface area contributed by atoms with E-state index in [2.05, 4.69) is 10.3 Å². The number of carbonyl (C=O) groups excluding carboxylic acids is 1. The molecule has 1 heterocycles. The second-order valence-corrected chi connectivity index (χ2v) is 6.82. The van der Waals surface area contributed by atoms with Gasteiger partial charge in [0.2, 0.25) is 5.91 Å². The van der Waals surface area contributed by atoms with Crippen LogP contribution in [0.2, 0.25) is 0 Å². The molecule has 1 aromatic heterocycles. The lowest BCUT2D eigenvalue weighted by atomic mass is 9.82. The molecule has 1 saturated carbocycles. The van der Waals surface area contributed by atoms with Crippen molar-refractivity contribution in [3.8, 4) is 5.69 Å². The van der Waals surface area contributed by atoms with Gasteiger partial charge < -0.3 is 15.0 Å². The molecule has 1 aromatic carbocycles. The van der Waals surface area contributed by atoms with E-state index in [4.69, 9.17) is 0 Å². The minimum Gasteiger partial charge on any atom is -0.481 e. The SMILES string of the molecule is C[C@@H](NC(=O)CC1(C(=O)O)CCCC1)c1ccc(-n2ccnc2)cc1. The van der Waals surface area contributed by atoms with Gasteiger partial charge in [-0.05, 0) is 37.5 Å². The summed E-state index contributed by atoms with van der Waals surface area (Å²) in [6.45, 7) is 1.91. The van der Waals surface area contributed by atoms with Gasteiger partial charge in [-0.1, -0.05) is 25.0 Å². The van der Waals surface area contributed by atoms with E-state index in [1.165, 1.54) is 0 Å². The van der Waals surface area contributed by atoms with E-state index >= 15 is 0 Å². The van der Waals surface area contributed by atoms with Crippen LogP contribution in [-0.4, -0.2) is 26.5 Å². The molecule has 0 radical (unpaired) electrons. The monoisotopic (exact) mass is 341 g/mol. The van der Waals surface area contributed by atoms with Crippen molar-refractivity contribution >= 4 is 11.9 Å². The molecule has 0 spiro atoms. The van der Waals surface area contributed by atoms with Crippen molar-refractivity contribution < 1.29 is 14.7 Å². The van der Waals surface area contributed by atoms with Crippen LogP contribution in [0, 0.1) is 5.41 Å². The number of hydrogen-bond acceptors (Lipinski definition) is 3. The largest absolute Gasteiger partial charge is 0.481 e. The number of rotatable bonds is 6. The zero-order valence-electron chi connectivity index (χ0n) is 14.3. The highest BCUT2D eigenvalue weighted by atomic mass is 16.4. The van der Waals surface area contributed by atoms with E-state index in [1.54, 1.807) is 12.5 Å². The highest BCUT2D eigenvalue weighted by Gasteiger charge is 2.43. The fourth-order valence-corrected chi connectivity index (χ4v) is 3.55. The van der Waals surface area contributed by atoms with Gasteiger partial charge >= 0.3 is 5.97 Å². The fraction of sp³-hybridized carbons (Fsp3) is 0.421. The first-order valence-electron chi connectivity index (χ1n) is 8.61. The zero-order valence-corrected chi connectivity index (χ0v) is 14.3. The Hall–Kier alpha value is -2.63. The molecule has 0 unspecified atom stereocenters. The maximum atomic E-state index is 12.4. The van der Waals surface area contributed by atoms with Crippen LogP contribution in [0.1, 0.15) is 50.6 Å². The Balaban J connectivity index is 1.62. The van der Waals surface area contributed by atoms with Gasteiger partial charge in [0.05, 0.1) is 17.8 Å². The van der Waals surface area contributed by atoms with Crippen molar-refractivity contribution in [1.29, 1.82) is 0 Å². The Kier molecular flexibility index (Phi) is 4.88. The lowest BCUT2D eigenvalue weighted by Crippen LogP contribution is -2.36. The molecule has 132 valence electrons. The third-order valence-corrected chi connectivity index (χ3v) is 5.09. The lowest BCUT2D eigenvalue weighted by molar-refractivity contribution is -0.151. The summed E-state index contributed by atoms with van der Waals surface area (Å²) in [5, 5.41) is 12.4. The maximum Gasteiger partial charge on any atom is 0.310 e. The standard InChI is InChI=1S/C19H23N3O3/c1-14(15-4-6-16(7-5-15)22-11-10-20-13-22)21-17(23)12-19(18(24)25)8-2-3-9-19/h4-7,10-11,13-14H,2-3,8-9,12H2,1H3,(H,21,23)(H,24,25)/t14-/m1/s1. The van der Waals surface area contributed by atoms with Gasteiger partial charge in [0.25, 0.3) is 0 Å². The van der Waals surface area contributed by atoms with E-state index in [0.29, 0.717) is 12.8 Å². The summed E-state index contributed by atoms with van der Waals surface area (Å²) in [7, 11) is 0. The molecule has 1 aliphatic carbocycles. The number of nitrogens with one attached hydrogen (secondary N) is 1. The summed E-state index contributed by atoms with van der Waals surface area (Å²) in [4.78, 5) is 28.0. The Morgan fingerprint density at radius 2 is 1.96 bits per heavy atom. The van der Waals surface area contributed by atoms with Crippen molar-refractivity contribution in [2.45, 2.75) is 45.1 Å². The molecule has 1 atom stereocenters. The van der Waals surface area contributed by atoms with Crippen molar-refractivity contribution in [2.75, 3.05) is 0 Å². The van der Waals surface area contributed by atoms with Crippen molar-refractivity contribution in [3.63, 3.8) is 0 Å². The van der Waals surface area contributed by atoms with E-state index in [0.717, 1.165) is 24.1 Å². The second kappa shape index (κ2) is 7.09. The number of carbonyl (C=O) groups is 2. The van der Waals surface area contributed by atoms with E-state index in [-0.39, 0.29) is 18.4 Å². The third-order valence-electron chi connectivity index (χ3n) is 5.09. The van der Waals surface area contributed by atoms with Crippen molar-refractivity contribution in [3.05, 3.63) is 48.5 Å². The highest BCUT2D eigenvalue weighted by molar-refractivity contribution is 5.85. The number of carboxylic acids is 1. The predicted octanol–water partition coefficient (Wildman–Crippen LogP) is 3.08. The number of benzene rings is 1. The van der Waals surface area contributed by atoms with Gasteiger partial charge in [-0.25, -0.2) is 4.98 Å². The molecular weight excluding hydrogens is 318 g/mol. The van der Waals surface area contributed by atoms with Gasteiger partial charge in [-0.15, -0.1) is 0 Å². The average molecular weight is 341 g/mol. The molecule has 2 aromatic rings. The molecular formula is C19H23N3O3. The average Bonchev–Trinajstić information content (AvgIpc) is 3.27. The molecule has 3 rings (SSSR count). The number of imidazole rings is 1. The molecule has 0 saturated heterocycles. The van der Waals surface area contributed by atoms with Crippen LogP contribution >= 0.6 is 0 Å². The summed E-state index contributed by atoms with van der Waals surface area (Å²) in [5.41, 5.74) is 1.10. The quantitative estimate of drug-likeness (QED) is 0.845. The predicted molar refractivity (Wildman–Crippen MR) is 93.3 cm³/mol. The normalized spacial score (nSPS) is 17.2. The number of amides is 1. The van der Waals surface area contributed by atoms with Crippen molar-refractivity contribution in [1.82, 2.24) is 14.9 Å². The summed E-state index contributed by atoms with van der Waals surface area (Å²) in [6.07, 6.45) is 8.31. The highest BCUT2D eigenvalue weighted by Crippen LogP contribution is 2.41. The Labute approximate surface area is 146 Å². The summed E-state index contributed by atoms with van der Waals surface area (Å²) in [6, 6.07) is 7.69. The van der Waals surface area contributed by atoms with E-state index in [9.17, 15) is 14.7 Å². The van der Waals surface area contributed by atoms with Crippen LogP contribution in [0.15, 0.2) is 43.0 Å². The maximum absolute atomic E-state index is 12.4. The van der Waals surface area contributed by atoms with Gasteiger partial charge in [0.15, 0.2) is 0 Å². The molecule has 0 aliphatic heterocycles. The van der Waals surface area contributed by atoms with Crippen LogP contribution in [0.4, 0.5) is 0 Å². The van der Waals surface area contributed by atoms with Gasteiger partial charge in [-0.3, -0.25) is 9.59 Å². The van der Waals surface area contributed by atoms with Crippen LogP contribution < -0.4 is 5.32 Å². The molecule has 1 fully saturated rings. The van der Waals surface area contributed by atoms with Crippen LogP contribution in [0.5, 0.6) is 0 Å². The molecule has 6 nitrogen and oxygen atoms in total. The van der Waals surface area contributed by atoms with Gasteiger partial charge in [0.1, 0.15) is 0 Å². The van der Waals surface area contributed by atoms with E-state index < -0.39 is 11.4 Å². The summed E-state index contributed by atoms with van der Waals surface area (Å²) < 4.78 is 1.91. The third kappa shape index (κ3) is 3.73. The van der Waals surface area contributed by atoms with Gasteiger partial charge in [0, 0.05) is 24.5 Å². The topological polar surface area (TPSA) is 84.2 Å². The van der Waals surface area contributed by atoms with Crippen LogP contribution in [-0.2, 0) is 9.59 Å². The fourth-order valence-electron chi connectivity index (χ4n) is 3.55. The minimum atomic E-state index is -0.880. The molecule has 25 heavy (non-hydrogen) atoms. The first kappa shape index (κ1) is 17.2. The first-order chi connectivity index (χ1) is 12.0. The summed E-state index contributed by atoms with van der Waals surface area (Å²) in [5.74, 6) is -1.05. The molecule has 0 bridgehead atoms. The second-order valence-electron chi connectivity index (χ2n) is 6.82. The number of aliphatic carboxylic acids is 1. The molecule has 6 heteroatoms. The number of nitrogens with zero attached hydrogens (tertiary/aromatic N) is 2. The number of carboxylic acid groups (broad SMARTS) is 1. The van der Waals surface area contributed by atoms with E-state index in [1.807, 2.05) is 42.0 Å². The van der Waals surface area contributed by atoms with Crippen molar-refractivity contribution in [2.24, 2.45) is 5.41 Å². The Bertz CT molecular complexity index is 732. The molecule has 1 aliphatic rings. The number of aromatic nitrogens is 2. The van der Waals surface area contributed by atoms with Crippen LogP contribution in [0.3, 0.4) is 0 Å². The molecule has 2 N–H and O–H groups in total. The first-order valence-corrected chi connectivity index (χ1v) is 8.61. The smallest absolute Gasteiger partial charge is 0.310 e. The minimum absolute atomic E-state index is 0.0554. The lowest BCUT2D eigenvalue weighted by Gasteiger charge is -2.24.